The van der Waals surface area contributed by atoms with Crippen LogP contribution in [-0.4, -0.2) is 37.7 Å². The molecule has 2 rings (SSSR count). The summed E-state index contributed by atoms with van der Waals surface area (Å²) in [6.07, 6.45) is 0.178. The molecule has 0 aromatic heterocycles. The summed E-state index contributed by atoms with van der Waals surface area (Å²) in [5.74, 6) is -0.615. The van der Waals surface area contributed by atoms with Gasteiger partial charge >= 0.3 is 135 Å². The Labute approximate surface area is 135 Å². The summed E-state index contributed by atoms with van der Waals surface area (Å²) in [7, 11) is 0. The van der Waals surface area contributed by atoms with E-state index in [1.54, 1.807) is 24.3 Å². The van der Waals surface area contributed by atoms with Crippen molar-refractivity contribution in [3.8, 4) is 0 Å². The SMILES string of the molecule is CC(O)C(=O)/C=C(\[Se]c1ccccc1)C(=O)c1ccccc1. The first kappa shape index (κ1) is 16.4. The van der Waals surface area contributed by atoms with Gasteiger partial charge in [-0.15, -0.1) is 0 Å². The van der Waals surface area contributed by atoms with Gasteiger partial charge in [0.15, 0.2) is 0 Å². The van der Waals surface area contributed by atoms with Gasteiger partial charge in [-0.3, -0.25) is 0 Å². The molecule has 0 bridgehead atoms. The van der Waals surface area contributed by atoms with Gasteiger partial charge in [-0.25, -0.2) is 0 Å². The van der Waals surface area contributed by atoms with Crippen LogP contribution in [-0.2, 0) is 4.79 Å². The second kappa shape index (κ2) is 7.85. The van der Waals surface area contributed by atoms with Crippen molar-refractivity contribution in [1.29, 1.82) is 0 Å². The fourth-order valence-corrected chi connectivity index (χ4v) is 3.70. The number of carbonyl (C=O) groups is 2. The summed E-state index contributed by atoms with van der Waals surface area (Å²) in [5.41, 5.74) is 0.546. The molecule has 0 fully saturated rings. The van der Waals surface area contributed by atoms with Crippen LogP contribution in [0.1, 0.15) is 17.3 Å². The van der Waals surface area contributed by atoms with E-state index in [9.17, 15) is 14.7 Å². The van der Waals surface area contributed by atoms with E-state index in [4.69, 9.17) is 0 Å². The van der Waals surface area contributed by atoms with Gasteiger partial charge in [0.1, 0.15) is 0 Å². The number of rotatable bonds is 6. The number of carbonyl (C=O) groups excluding carboxylic acids is 2. The van der Waals surface area contributed by atoms with Crippen molar-refractivity contribution in [2.24, 2.45) is 0 Å². The number of Topliss-reactive ketones (excluding diaryl/α,β-unsaturated/α-hetero) is 1. The number of hydrogen-bond donors (Lipinski definition) is 1. The Balaban J connectivity index is 2.33. The molecule has 0 aliphatic rings. The quantitative estimate of drug-likeness (QED) is 0.486. The molecular weight excluding hydrogens is 343 g/mol. The van der Waals surface area contributed by atoms with Gasteiger partial charge in [0, 0.05) is 0 Å². The average molecular weight is 359 g/mol. The van der Waals surface area contributed by atoms with E-state index < -0.39 is 11.9 Å². The molecule has 22 heavy (non-hydrogen) atoms. The zero-order chi connectivity index (χ0) is 15.9. The molecule has 2 aromatic carbocycles. The predicted molar refractivity (Wildman–Crippen MR) is 87.4 cm³/mol. The van der Waals surface area contributed by atoms with Crippen molar-refractivity contribution in [3.63, 3.8) is 0 Å². The van der Waals surface area contributed by atoms with Gasteiger partial charge in [-0.1, -0.05) is 0 Å². The predicted octanol–water partition coefficient (Wildman–Crippen LogP) is 1.73. The van der Waals surface area contributed by atoms with E-state index in [2.05, 4.69) is 0 Å². The Hall–Kier alpha value is -2.00. The summed E-state index contributed by atoms with van der Waals surface area (Å²) < 4.78 is 1.44. The van der Waals surface area contributed by atoms with Gasteiger partial charge in [-0.05, 0) is 0 Å². The van der Waals surface area contributed by atoms with Gasteiger partial charge < -0.3 is 0 Å². The molecule has 2 aromatic rings. The maximum absolute atomic E-state index is 12.6. The van der Waals surface area contributed by atoms with Gasteiger partial charge in [0.25, 0.3) is 0 Å². The Morgan fingerprint density at radius 2 is 1.55 bits per heavy atom. The van der Waals surface area contributed by atoms with Gasteiger partial charge in [0.2, 0.25) is 0 Å². The standard InChI is InChI=1S/C18H16O3Se/c1-13(19)16(20)12-17(22-15-10-6-3-7-11-15)18(21)14-8-4-2-5-9-14/h2-13,19H,1H3/b17-12-. The van der Waals surface area contributed by atoms with Crippen molar-refractivity contribution in [1.82, 2.24) is 0 Å². The number of allylic oxidation sites excluding steroid dienone is 1. The second-order valence-corrected chi connectivity index (χ2v) is 7.04. The van der Waals surface area contributed by atoms with E-state index >= 15 is 0 Å². The van der Waals surface area contributed by atoms with E-state index in [1.807, 2.05) is 36.4 Å². The first-order chi connectivity index (χ1) is 10.6. The monoisotopic (exact) mass is 360 g/mol. The van der Waals surface area contributed by atoms with Gasteiger partial charge in [0.05, 0.1) is 0 Å². The average Bonchev–Trinajstić information content (AvgIpc) is 2.55. The van der Waals surface area contributed by atoms with Crippen molar-refractivity contribution < 1.29 is 14.7 Å². The Morgan fingerprint density at radius 1 is 1.00 bits per heavy atom. The molecule has 0 spiro atoms. The third kappa shape index (κ3) is 4.50. The van der Waals surface area contributed by atoms with Crippen molar-refractivity contribution in [2.45, 2.75) is 13.0 Å². The summed E-state index contributed by atoms with van der Waals surface area (Å²) in [6.45, 7) is 1.40. The Bertz CT molecular complexity index is 676. The first-order valence-corrected chi connectivity index (χ1v) is 8.55. The molecule has 0 saturated heterocycles. The summed E-state index contributed by atoms with van der Waals surface area (Å²) in [5, 5.41) is 9.39. The van der Waals surface area contributed by atoms with Crippen LogP contribution >= 0.6 is 0 Å². The van der Waals surface area contributed by atoms with E-state index in [1.165, 1.54) is 13.0 Å². The second-order valence-electron chi connectivity index (χ2n) is 4.70. The summed E-state index contributed by atoms with van der Waals surface area (Å²) in [4.78, 5) is 24.4. The number of aliphatic hydroxyl groups is 1. The molecule has 112 valence electrons. The van der Waals surface area contributed by atoms with Crippen molar-refractivity contribution in [3.05, 3.63) is 76.8 Å². The Kier molecular flexibility index (Phi) is 5.84. The third-order valence-corrected chi connectivity index (χ3v) is 5.08. The van der Waals surface area contributed by atoms with E-state index in [0.717, 1.165) is 4.46 Å². The van der Waals surface area contributed by atoms with Crippen molar-refractivity contribution >= 4 is 31.0 Å². The first-order valence-electron chi connectivity index (χ1n) is 6.84. The van der Waals surface area contributed by atoms with E-state index in [0.29, 0.717) is 10.0 Å². The molecule has 0 saturated carbocycles. The number of ketones is 2. The van der Waals surface area contributed by atoms with Gasteiger partial charge in [-0.2, -0.15) is 0 Å². The molecule has 1 unspecified atom stereocenters. The summed E-state index contributed by atoms with van der Waals surface area (Å²) in [6, 6.07) is 18.4. The van der Waals surface area contributed by atoms with Crippen LogP contribution in [0.25, 0.3) is 0 Å². The molecule has 0 radical (unpaired) electrons. The van der Waals surface area contributed by atoms with Crippen LogP contribution in [0.5, 0.6) is 0 Å². The molecular formula is C18H16O3Se. The number of benzene rings is 2. The number of hydrogen-bond acceptors (Lipinski definition) is 3. The van der Waals surface area contributed by atoms with Crippen molar-refractivity contribution in [2.75, 3.05) is 0 Å². The molecule has 0 aliphatic heterocycles. The zero-order valence-electron chi connectivity index (χ0n) is 12.1. The Morgan fingerprint density at radius 3 is 2.09 bits per heavy atom. The molecule has 1 N–H and O–H groups in total. The topological polar surface area (TPSA) is 54.4 Å². The van der Waals surface area contributed by atoms with Crippen LogP contribution < -0.4 is 4.46 Å². The molecule has 0 heterocycles. The number of aliphatic hydroxyl groups excluding tert-OH is 1. The molecule has 4 heteroatoms. The zero-order valence-corrected chi connectivity index (χ0v) is 13.8. The van der Waals surface area contributed by atoms with Crippen LogP contribution in [0.15, 0.2) is 71.2 Å². The fraction of sp³-hybridized carbons (Fsp3) is 0.111. The minimum atomic E-state index is -1.11. The fourth-order valence-electron chi connectivity index (χ4n) is 1.74. The van der Waals surface area contributed by atoms with Crippen LogP contribution in [0.4, 0.5) is 0 Å². The van der Waals surface area contributed by atoms with Crippen LogP contribution in [0.3, 0.4) is 0 Å². The van der Waals surface area contributed by atoms with E-state index in [-0.39, 0.29) is 20.7 Å². The molecule has 0 amide bonds. The molecule has 3 nitrogen and oxygen atoms in total. The van der Waals surface area contributed by atoms with Crippen LogP contribution in [0, 0.1) is 0 Å². The molecule has 0 aliphatic carbocycles. The van der Waals surface area contributed by atoms with Crippen LogP contribution in [0.2, 0.25) is 0 Å². The maximum atomic E-state index is 12.6. The molecule has 1 atom stereocenters. The third-order valence-electron chi connectivity index (χ3n) is 2.92. The summed E-state index contributed by atoms with van der Waals surface area (Å²) >= 11 is -0.293. The minimum absolute atomic E-state index is 0.168. The normalized spacial score (nSPS) is 12.7.